The number of ether oxygens (including phenoxy) is 2. The Hall–Kier alpha value is -1.13. The molecule has 4 nitrogen and oxygen atoms in total. The predicted molar refractivity (Wildman–Crippen MR) is 71.6 cm³/mol. The summed E-state index contributed by atoms with van der Waals surface area (Å²) in [7, 11) is 0. The van der Waals surface area contributed by atoms with Gasteiger partial charge in [0.1, 0.15) is 5.82 Å². The summed E-state index contributed by atoms with van der Waals surface area (Å²) in [4.78, 5) is 4.35. The molecular weight excluding hydrogens is 228 g/mol. The molecule has 1 aromatic rings. The first kappa shape index (κ1) is 13.3. The van der Waals surface area contributed by atoms with Crippen molar-refractivity contribution < 1.29 is 9.47 Å². The molecule has 0 saturated carbocycles. The average Bonchev–Trinajstić information content (AvgIpc) is 2.91. The zero-order valence-corrected chi connectivity index (χ0v) is 11.0. The van der Waals surface area contributed by atoms with Crippen molar-refractivity contribution in [1.82, 2.24) is 4.98 Å². The second kappa shape index (κ2) is 7.34. The zero-order chi connectivity index (χ0) is 12.6. The van der Waals surface area contributed by atoms with Gasteiger partial charge in [-0.25, -0.2) is 4.98 Å². The SMILES string of the molecule is CCCNc1ncccc1COCC1CCOC1. The number of anilines is 1. The minimum Gasteiger partial charge on any atom is -0.381 e. The Morgan fingerprint density at radius 3 is 3.28 bits per heavy atom. The Balaban J connectivity index is 1.79. The summed E-state index contributed by atoms with van der Waals surface area (Å²) in [5.41, 5.74) is 1.13. The van der Waals surface area contributed by atoms with Crippen LogP contribution in [-0.4, -0.2) is 31.3 Å². The molecule has 1 unspecified atom stereocenters. The number of aromatic nitrogens is 1. The molecule has 0 aromatic carbocycles. The van der Waals surface area contributed by atoms with Gasteiger partial charge in [0.25, 0.3) is 0 Å². The third-order valence-electron chi connectivity index (χ3n) is 3.07. The van der Waals surface area contributed by atoms with Crippen LogP contribution in [0.4, 0.5) is 5.82 Å². The van der Waals surface area contributed by atoms with Crippen LogP contribution in [0.1, 0.15) is 25.3 Å². The summed E-state index contributed by atoms with van der Waals surface area (Å²) >= 11 is 0. The van der Waals surface area contributed by atoms with E-state index in [2.05, 4.69) is 23.3 Å². The summed E-state index contributed by atoms with van der Waals surface area (Å²) in [6, 6.07) is 4.02. The van der Waals surface area contributed by atoms with E-state index < -0.39 is 0 Å². The van der Waals surface area contributed by atoms with Gasteiger partial charge in [-0.3, -0.25) is 0 Å². The van der Waals surface area contributed by atoms with Crippen LogP contribution in [0, 0.1) is 5.92 Å². The second-order valence-electron chi connectivity index (χ2n) is 4.68. The standard InChI is InChI=1S/C14H22N2O2/c1-2-6-15-14-13(4-3-7-16-14)11-18-10-12-5-8-17-9-12/h3-4,7,12H,2,5-6,8-11H2,1H3,(H,15,16). The maximum Gasteiger partial charge on any atom is 0.131 e. The monoisotopic (exact) mass is 250 g/mol. The lowest BCUT2D eigenvalue weighted by Crippen LogP contribution is -2.11. The van der Waals surface area contributed by atoms with Crippen LogP contribution >= 0.6 is 0 Å². The molecule has 100 valence electrons. The maximum absolute atomic E-state index is 5.76. The highest BCUT2D eigenvalue weighted by molar-refractivity contribution is 5.43. The molecule has 2 rings (SSSR count). The number of hydrogen-bond acceptors (Lipinski definition) is 4. The van der Waals surface area contributed by atoms with E-state index in [1.54, 1.807) is 0 Å². The lowest BCUT2D eigenvalue weighted by molar-refractivity contribution is 0.0793. The van der Waals surface area contributed by atoms with Gasteiger partial charge in [-0.05, 0) is 18.9 Å². The molecule has 18 heavy (non-hydrogen) atoms. The van der Waals surface area contributed by atoms with Crippen LogP contribution in [0.15, 0.2) is 18.3 Å². The van der Waals surface area contributed by atoms with E-state index in [1.165, 1.54) is 0 Å². The average molecular weight is 250 g/mol. The second-order valence-corrected chi connectivity index (χ2v) is 4.68. The molecule has 1 fully saturated rings. The summed E-state index contributed by atoms with van der Waals surface area (Å²) in [5, 5.41) is 3.33. The van der Waals surface area contributed by atoms with E-state index in [4.69, 9.17) is 9.47 Å². The molecule has 4 heteroatoms. The number of pyridine rings is 1. The summed E-state index contributed by atoms with van der Waals surface area (Å²) in [5.74, 6) is 1.51. The fourth-order valence-corrected chi connectivity index (χ4v) is 2.01. The molecule has 1 aliphatic heterocycles. The van der Waals surface area contributed by atoms with Crippen LogP contribution < -0.4 is 5.32 Å². The molecule has 0 radical (unpaired) electrons. The van der Waals surface area contributed by atoms with Gasteiger partial charge >= 0.3 is 0 Å². The number of nitrogens with zero attached hydrogens (tertiary/aromatic N) is 1. The zero-order valence-electron chi connectivity index (χ0n) is 11.0. The maximum atomic E-state index is 5.76. The lowest BCUT2D eigenvalue weighted by Gasteiger charge is -2.12. The topological polar surface area (TPSA) is 43.4 Å². The molecule has 0 amide bonds. The first-order valence-corrected chi connectivity index (χ1v) is 6.73. The van der Waals surface area contributed by atoms with Gasteiger partial charge in [0.2, 0.25) is 0 Å². The van der Waals surface area contributed by atoms with Crippen molar-refractivity contribution >= 4 is 5.82 Å². The Labute approximate surface area is 109 Å². The Morgan fingerprint density at radius 1 is 1.56 bits per heavy atom. The van der Waals surface area contributed by atoms with Crippen LogP contribution in [0.2, 0.25) is 0 Å². The van der Waals surface area contributed by atoms with Gasteiger partial charge < -0.3 is 14.8 Å². The van der Waals surface area contributed by atoms with Gasteiger partial charge in [-0.1, -0.05) is 13.0 Å². The van der Waals surface area contributed by atoms with Crippen LogP contribution in [0.3, 0.4) is 0 Å². The molecular formula is C14H22N2O2. The van der Waals surface area contributed by atoms with Gasteiger partial charge in [0, 0.05) is 30.8 Å². The molecule has 1 atom stereocenters. The van der Waals surface area contributed by atoms with Crippen molar-refractivity contribution in [3.8, 4) is 0 Å². The predicted octanol–water partition coefficient (Wildman–Crippen LogP) is 2.46. The molecule has 1 aromatic heterocycles. The van der Waals surface area contributed by atoms with Crippen LogP contribution in [0.5, 0.6) is 0 Å². The van der Waals surface area contributed by atoms with E-state index in [9.17, 15) is 0 Å². The first-order valence-electron chi connectivity index (χ1n) is 6.73. The lowest BCUT2D eigenvalue weighted by atomic mass is 10.1. The van der Waals surface area contributed by atoms with Crippen molar-refractivity contribution in [2.45, 2.75) is 26.4 Å². The quantitative estimate of drug-likeness (QED) is 0.807. The third-order valence-corrected chi connectivity index (χ3v) is 3.07. The Morgan fingerprint density at radius 2 is 2.50 bits per heavy atom. The van der Waals surface area contributed by atoms with Gasteiger partial charge in [-0.15, -0.1) is 0 Å². The van der Waals surface area contributed by atoms with Crippen LogP contribution in [0.25, 0.3) is 0 Å². The number of rotatable bonds is 7. The van der Waals surface area contributed by atoms with E-state index in [-0.39, 0.29) is 0 Å². The molecule has 0 aliphatic carbocycles. The van der Waals surface area contributed by atoms with Crippen molar-refractivity contribution in [3.63, 3.8) is 0 Å². The van der Waals surface area contributed by atoms with E-state index in [1.807, 2.05) is 12.3 Å². The molecule has 2 heterocycles. The Kier molecular flexibility index (Phi) is 5.42. The normalized spacial score (nSPS) is 19.1. The Bertz CT molecular complexity index is 351. The van der Waals surface area contributed by atoms with Gasteiger partial charge in [-0.2, -0.15) is 0 Å². The van der Waals surface area contributed by atoms with Crippen molar-refractivity contribution in [2.75, 3.05) is 31.7 Å². The molecule has 1 aliphatic rings. The fraction of sp³-hybridized carbons (Fsp3) is 0.643. The largest absolute Gasteiger partial charge is 0.381 e. The minimum atomic E-state index is 0.564. The molecule has 1 saturated heterocycles. The number of hydrogen-bond donors (Lipinski definition) is 1. The molecule has 0 bridgehead atoms. The van der Waals surface area contributed by atoms with E-state index in [0.717, 1.165) is 50.6 Å². The van der Waals surface area contributed by atoms with Crippen molar-refractivity contribution in [3.05, 3.63) is 23.9 Å². The van der Waals surface area contributed by atoms with Gasteiger partial charge in [0.15, 0.2) is 0 Å². The fourth-order valence-electron chi connectivity index (χ4n) is 2.01. The van der Waals surface area contributed by atoms with Gasteiger partial charge in [0.05, 0.1) is 19.8 Å². The smallest absolute Gasteiger partial charge is 0.131 e. The summed E-state index contributed by atoms with van der Waals surface area (Å²) in [6.07, 6.45) is 4.02. The minimum absolute atomic E-state index is 0.564. The summed E-state index contributed by atoms with van der Waals surface area (Å²) < 4.78 is 11.1. The van der Waals surface area contributed by atoms with Crippen molar-refractivity contribution in [1.29, 1.82) is 0 Å². The molecule has 1 N–H and O–H groups in total. The molecule has 0 spiro atoms. The van der Waals surface area contributed by atoms with Crippen LogP contribution in [-0.2, 0) is 16.1 Å². The highest BCUT2D eigenvalue weighted by atomic mass is 16.5. The highest BCUT2D eigenvalue weighted by Gasteiger charge is 2.15. The summed E-state index contributed by atoms with van der Waals surface area (Å²) in [6.45, 7) is 6.21. The van der Waals surface area contributed by atoms with E-state index in [0.29, 0.717) is 12.5 Å². The number of nitrogens with one attached hydrogen (secondary N) is 1. The third kappa shape index (κ3) is 3.96. The van der Waals surface area contributed by atoms with E-state index >= 15 is 0 Å². The highest BCUT2D eigenvalue weighted by Crippen LogP contribution is 2.16. The first-order chi connectivity index (χ1) is 8.90. The van der Waals surface area contributed by atoms with Crippen molar-refractivity contribution in [2.24, 2.45) is 5.92 Å².